The van der Waals surface area contributed by atoms with Gasteiger partial charge in [0.05, 0.1) is 22.7 Å². The molecule has 0 heterocycles. The van der Waals surface area contributed by atoms with Crippen molar-refractivity contribution in [3.05, 3.63) is 117 Å². The molecule has 8 saturated carbocycles. The molecule has 744 valence electrons. The van der Waals surface area contributed by atoms with Crippen molar-refractivity contribution in [2.24, 2.45) is 216 Å². The Balaban J connectivity index is 0.000000229. The molecule has 2 bridgehead atoms. The molecule has 16 nitrogen and oxygen atoms in total. The third-order valence-electron chi connectivity index (χ3n) is 42.1. The molecule has 14 rings (SSSR count). The zero-order chi connectivity index (χ0) is 101. The van der Waals surface area contributed by atoms with Gasteiger partial charge in [-0.15, -0.1) is 0 Å². The molecule has 8 aliphatic rings. The fourth-order valence-electron chi connectivity index (χ4n) is 27.1. The van der Waals surface area contributed by atoms with Gasteiger partial charge in [-0.2, -0.15) is 0 Å². The Kier molecular flexibility index (Phi) is 38.1. The minimum atomic E-state index is 0.177. The second kappa shape index (κ2) is 43.8. The molecular formula is C115H204N16. The highest BCUT2D eigenvalue weighted by atomic mass is 14.9. The lowest BCUT2D eigenvalue weighted by molar-refractivity contribution is -0.0808. The zero-order valence-electron chi connectivity index (χ0n) is 91.9. The van der Waals surface area contributed by atoms with E-state index in [1.54, 1.807) is 0 Å². The van der Waals surface area contributed by atoms with E-state index in [1.165, 1.54) is 107 Å². The Morgan fingerprint density at radius 2 is 0.443 bits per heavy atom. The van der Waals surface area contributed by atoms with Gasteiger partial charge in [0.2, 0.25) is 0 Å². The first kappa shape index (κ1) is 114. The smallest absolute Gasteiger partial charge is 0.0586 e. The number of benzene rings is 6. The maximum Gasteiger partial charge on any atom is 0.0586 e. The highest BCUT2D eigenvalue weighted by Gasteiger charge is 2.66. The van der Waals surface area contributed by atoms with Crippen LogP contribution in [-0.4, -0.2) is 54.4 Å². The molecule has 0 radical (unpaired) electrons. The fraction of sp³-hybridized carbons (Fsp3) is 0.722. The predicted octanol–water partition coefficient (Wildman–Crippen LogP) is 22.5. The first-order valence-corrected chi connectivity index (χ1v) is 51.3. The quantitative estimate of drug-likeness (QED) is 0.0628. The van der Waals surface area contributed by atoms with Crippen LogP contribution in [0.3, 0.4) is 0 Å². The molecule has 35 atom stereocenters. The first-order chi connectivity index (χ1) is 60.0. The van der Waals surface area contributed by atoms with Gasteiger partial charge in [0, 0.05) is 76.8 Å². The van der Waals surface area contributed by atoms with Gasteiger partial charge in [0.15, 0.2) is 0 Å². The van der Waals surface area contributed by atoms with Crippen molar-refractivity contribution in [2.75, 3.05) is 40.1 Å². The molecule has 0 amide bonds. The van der Waals surface area contributed by atoms with Crippen LogP contribution >= 0.6 is 0 Å². The lowest BCUT2D eigenvalue weighted by Gasteiger charge is -2.58. The first-order valence-electron chi connectivity index (χ1n) is 51.3. The molecule has 6 aromatic carbocycles. The maximum atomic E-state index is 6.57. The van der Waals surface area contributed by atoms with E-state index in [2.05, 4.69) is 291 Å². The van der Waals surface area contributed by atoms with Gasteiger partial charge < -0.3 is 91.7 Å². The van der Waals surface area contributed by atoms with Gasteiger partial charge in [-0.1, -0.05) is 166 Å². The van der Waals surface area contributed by atoms with E-state index in [4.69, 9.17) is 91.7 Å². The van der Waals surface area contributed by atoms with Crippen molar-refractivity contribution < 1.29 is 0 Å². The SMILES string of the molecule is CC1C(C)C(C)C(N)C(N)C1C.CC1C(C)C(C)C2C(C)C(N)C(N)C(C)C2C1C.CC1C(C)C(N)C2C(N)C(C)C(C)C(C)C2C1C.CC1C(C)C2(C)CC1(C)C(N)C2N.CC1CC(N)C(C)C(C)C1C.Cc1c(C)c(C)c(N)c(N)c1C.Cc1c(C)c(C)c2c(C)c(N)c(N)c(C)c2c1C.Cc1c(C)c(N)c2c(N)c(C)c(C)c(C)c2c1C.Cc1cc(N)c(C)c(C)c1C. The van der Waals surface area contributed by atoms with Crippen LogP contribution in [0.25, 0.3) is 21.5 Å². The number of anilines is 7. The molecule has 8 fully saturated rings. The van der Waals surface area contributed by atoms with Crippen molar-refractivity contribution in [3.8, 4) is 0 Å². The number of nitrogens with two attached hydrogens (primary N) is 16. The van der Waals surface area contributed by atoms with E-state index in [-0.39, 0.29) is 59.2 Å². The minimum absolute atomic E-state index is 0.177. The zero-order valence-corrected chi connectivity index (χ0v) is 91.9. The summed E-state index contributed by atoms with van der Waals surface area (Å²) < 4.78 is 0. The van der Waals surface area contributed by atoms with Crippen molar-refractivity contribution in [2.45, 2.75) is 372 Å². The molecule has 35 unspecified atom stereocenters. The molecule has 0 aliphatic heterocycles. The maximum absolute atomic E-state index is 6.57. The van der Waals surface area contributed by atoms with Gasteiger partial charge in [0.1, 0.15) is 0 Å². The molecule has 0 saturated heterocycles. The Morgan fingerprint density at radius 1 is 0.214 bits per heavy atom. The largest absolute Gasteiger partial charge is 0.398 e. The van der Waals surface area contributed by atoms with Crippen LogP contribution in [0.1, 0.15) is 290 Å². The summed E-state index contributed by atoms with van der Waals surface area (Å²) >= 11 is 0. The molecule has 6 aromatic rings. The summed E-state index contributed by atoms with van der Waals surface area (Å²) in [5.41, 5.74) is 130. The molecule has 16 heteroatoms. The summed E-state index contributed by atoms with van der Waals surface area (Å²) in [5, 5.41) is 4.83. The Bertz CT molecular complexity index is 4160. The van der Waals surface area contributed by atoms with Crippen molar-refractivity contribution in [1.29, 1.82) is 0 Å². The highest BCUT2D eigenvalue weighted by Crippen LogP contribution is 2.66. The van der Waals surface area contributed by atoms with Crippen LogP contribution in [0, 0.1) is 303 Å². The van der Waals surface area contributed by atoms with Crippen LogP contribution in [0.2, 0.25) is 0 Å². The number of rotatable bonds is 0. The van der Waals surface area contributed by atoms with E-state index in [0.29, 0.717) is 83.0 Å². The molecule has 131 heavy (non-hydrogen) atoms. The lowest BCUT2D eigenvalue weighted by Crippen LogP contribution is -2.64. The molecule has 8 aliphatic carbocycles. The topological polar surface area (TPSA) is 416 Å². The van der Waals surface area contributed by atoms with Crippen LogP contribution in [-0.2, 0) is 0 Å². The summed E-state index contributed by atoms with van der Waals surface area (Å²) in [6.07, 6.45) is 2.43. The number of hydrogen-bond acceptors (Lipinski definition) is 16. The lowest BCUT2D eigenvalue weighted by atomic mass is 9.48. The molecule has 0 aromatic heterocycles. The van der Waals surface area contributed by atoms with Crippen LogP contribution < -0.4 is 91.7 Å². The third-order valence-corrected chi connectivity index (χ3v) is 42.1. The highest BCUT2D eigenvalue weighted by molar-refractivity contribution is 6.08. The van der Waals surface area contributed by atoms with E-state index < -0.39 is 0 Å². The number of hydrogen-bond donors (Lipinski definition) is 16. The van der Waals surface area contributed by atoms with Crippen LogP contribution in [0.4, 0.5) is 39.8 Å². The van der Waals surface area contributed by atoms with Crippen LogP contribution in [0.5, 0.6) is 0 Å². The number of aryl methyl sites for hydroxylation is 7. The Hall–Kier alpha value is -5.92. The van der Waals surface area contributed by atoms with Gasteiger partial charge in [-0.05, 0) is 450 Å². The average molecular weight is 1810 g/mol. The monoisotopic (exact) mass is 1810 g/mol. The second-order valence-corrected chi connectivity index (χ2v) is 46.9. The van der Waals surface area contributed by atoms with E-state index >= 15 is 0 Å². The number of nitrogen functional groups attached to an aromatic ring is 7. The van der Waals surface area contributed by atoms with Gasteiger partial charge in [-0.25, -0.2) is 0 Å². The normalized spacial score (nSPS) is 37.8. The average Bonchev–Trinajstić information content (AvgIpc) is 1.52. The fourth-order valence-corrected chi connectivity index (χ4v) is 27.1. The van der Waals surface area contributed by atoms with Crippen LogP contribution in [0.15, 0.2) is 6.07 Å². The van der Waals surface area contributed by atoms with E-state index in [0.717, 1.165) is 156 Å². The number of fused-ring (bicyclic) bond motifs is 6. The summed E-state index contributed by atoms with van der Waals surface area (Å²) in [7, 11) is 0. The predicted molar refractivity (Wildman–Crippen MR) is 579 cm³/mol. The van der Waals surface area contributed by atoms with E-state index in [1.807, 2.05) is 19.9 Å². The van der Waals surface area contributed by atoms with Crippen molar-refractivity contribution >= 4 is 61.4 Å². The van der Waals surface area contributed by atoms with Gasteiger partial charge >= 0.3 is 0 Å². The van der Waals surface area contributed by atoms with E-state index in [9.17, 15) is 0 Å². The van der Waals surface area contributed by atoms with Crippen molar-refractivity contribution in [1.82, 2.24) is 0 Å². The summed E-state index contributed by atoms with van der Waals surface area (Å²) in [6, 6.07) is 4.17. The van der Waals surface area contributed by atoms with Crippen molar-refractivity contribution in [3.63, 3.8) is 0 Å². The molecular weight excluding hydrogens is 1610 g/mol. The third kappa shape index (κ3) is 21.1. The summed E-state index contributed by atoms with van der Waals surface area (Å²) in [5.74, 6) is 18.3. The second-order valence-electron chi connectivity index (χ2n) is 46.9. The van der Waals surface area contributed by atoms with Gasteiger partial charge in [0.25, 0.3) is 0 Å². The minimum Gasteiger partial charge on any atom is -0.398 e. The molecule has 0 spiro atoms. The van der Waals surface area contributed by atoms with Gasteiger partial charge in [-0.3, -0.25) is 0 Å². The standard InChI is InChI=1S/C16H32N2.C16H22N2.C16H32N2.C16H22N2.C11H22N2.C10H22N2.C10H16N2.C10H21N.C10H15N/c2*1-7-9(3)13-10(4)8(2)12(6)16(18)14(13)15(17)11(7)5;2*1-7-8(2)10(4)14-12(6)16(18)15(17)11(5)13(14)9(7)3;1-6-7(2)11(4)5-10(6,3)8(12)9(11)13;2*1-5-6(2)8(4)10(12)9(11)7(5)3;2*1-6-5-10(11)9(4)8(3)7(6)2/h7-16H,17-18H2,1-6H3;17-18H2,1-6H3;7-16H,17-18H2,1-6H3;17-18H2,1-6H3;6-9H,5,12-13H2,1-4H3;5-10H,11-12H2,1-4H3;11-12H2,1-4H3;6-10H,5,11H2,1-4H3;5H,11H2,1-4H3. The summed E-state index contributed by atoms with van der Waals surface area (Å²) in [6.45, 7) is 98.4. The Labute approximate surface area is 802 Å². The summed E-state index contributed by atoms with van der Waals surface area (Å²) in [4.78, 5) is 0. The molecule has 32 N–H and O–H groups in total. The Morgan fingerprint density at radius 3 is 0.756 bits per heavy atom.